The Morgan fingerprint density at radius 2 is 2.00 bits per heavy atom. The number of hydrogen-bond donors (Lipinski definition) is 0. The van der Waals surface area contributed by atoms with E-state index in [1.807, 2.05) is 0 Å². The van der Waals surface area contributed by atoms with Crippen LogP contribution in [0, 0.1) is 0 Å². The number of nitrogens with zero attached hydrogens (tertiary/aromatic N) is 1. The highest BCUT2D eigenvalue weighted by Gasteiger charge is 2.38. The maximum Gasteiger partial charge on any atom is 0.295 e. The van der Waals surface area contributed by atoms with Crippen molar-refractivity contribution < 1.29 is 23.8 Å². The third-order valence-corrected chi connectivity index (χ3v) is 2.66. The van der Waals surface area contributed by atoms with E-state index < -0.39 is 6.23 Å². The van der Waals surface area contributed by atoms with Crippen LogP contribution in [0.2, 0.25) is 0 Å². The number of ether oxygens (including phenoxy) is 3. The van der Waals surface area contributed by atoms with Crippen molar-refractivity contribution in [3.05, 3.63) is 24.3 Å². The molecule has 1 aliphatic heterocycles. The molecule has 6 heteroatoms. The van der Waals surface area contributed by atoms with Gasteiger partial charge in [-0.05, 0) is 24.3 Å². The number of likely N-dealkylation sites (tertiary alicyclic amines) is 1. The number of carbonyl (C=O) groups is 2. The predicted molar refractivity (Wildman–Crippen MR) is 60.9 cm³/mol. The van der Waals surface area contributed by atoms with Gasteiger partial charge < -0.3 is 14.2 Å². The summed E-state index contributed by atoms with van der Waals surface area (Å²) >= 11 is 0. The quantitative estimate of drug-likeness (QED) is 0.551. The highest BCUT2D eigenvalue weighted by molar-refractivity contribution is 5.82. The van der Waals surface area contributed by atoms with Crippen molar-refractivity contribution in [3.8, 4) is 11.5 Å². The zero-order valence-electron chi connectivity index (χ0n) is 9.87. The molecule has 1 saturated heterocycles. The summed E-state index contributed by atoms with van der Waals surface area (Å²) in [5.41, 5.74) is 0. The Kier molecular flexibility index (Phi) is 3.66. The standard InChI is InChI=1S/C12H13NO5/c1-16-9-2-4-10(5-3-9)17-7-13-11(15)6-12(13)18-8-14/h2-5,8,12H,6-7H2,1H3. The lowest BCUT2D eigenvalue weighted by atomic mass is 10.2. The summed E-state index contributed by atoms with van der Waals surface area (Å²) in [6, 6.07) is 6.98. The van der Waals surface area contributed by atoms with Crippen LogP contribution in [0.1, 0.15) is 6.42 Å². The first-order valence-electron chi connectivity index (χ1n) is 5.40. The van der Waals surface area contributed by atoms with Crippen LogP contribution in [0.4, 0.5) is 0 Å². The van der Waals surface area contributed by atoms with Gasteiger partial charge in [0.1, 0.15) is 11.5 Å². The third-order valence-electron chi connectivity index (χ3n) is 2.66. The molecule has 1 aromatic rings. The smallest absolute Gasteiger partial charge is 0.295 e. The van der Waals surface area contributed by atoms with Crippen molar-refractivity contribution in [3.63, 3.8) is 0 Å². The van der Waals surface area contributed by atoms with Gasteiger partial charge in [0.05, 0.1) is 13.5 Å². The van der Waals surface area contributed by atoms with Crippen LogP contribution >= 0.6 is 0 Å². The van der Waals surface area contributed by atoms with E-state index in [2.05, 4.69) is 0 Å². The second-order valence-electron chi connectivity index (χ2n) is 3.70. The average molecular weight is 251 g/mol. The zero-order valence-corrected chi connectivity index (χ0v) is 9.87. The molecule has 1 unspecified atom stereocenters. The largest absolute Gasteiger partial charge is 0.497 e. The number of benzene rings is 1. The highest BCUT2D eigenvalue weighted by Crippen LogP contribution is 2.21. The van der Waals surface area contributed by atoms with Crippen molar-refractivity contribution in [1.82, 2.24) is 4.90 Å². The minimum absolute atomic E-state index is 0.0592. The molecule has 18 heavy (non-hydrogen) atoms. The summed E-state index contributed by atoms with van der Waals surface area (Å²) in [4.78, 5) is 22.8. The van der Waals surface area contributed by atoms with Gasteiger partial charge in [0.15, 0.2) is 13.0 Å². The average Bonchev–Trinajstić information content (AvgIpc) is 2.39. The van der Waals surface area contributed by atoms with Crippen molar-refractivity contribution in [1.29, 1.82) is 0 Å². The fourth-order valence-corrected chi connectivity index (χ4v) is 1.58. The second kappa shape index (κ2) is 5.39. The van der Waals surface area contributed by atoms with Crippen LogP contribution < -0.4 is 9.47 Å². The van der Waals surface area contributed by atoms with Crippen molar-refractivity contribution in [2.75, 3.05) is 13.8 Å². The van der Waals surface area contributed by atoms with Gasteiger partial charge in [0.25, 0.3) is 6.47 Å². The molecule has 1 amide bonds. The van der Waals surface area contributed by atoms with Gasteiger partial charge >= 0.3 is 0 Å². The highest BCUT2D eigenvalue weighted by atomic mass is 16.6. The molecule has 1 heterocycles. The first-order chi connectivity index (χ1) is 8.74. The fourth-order valence-electron chi connectivity index (χ4n) is 1.58. The van der Waals surface area contributed by atoms with E-state index in [4.69, 9.17) is 14.2 Å². The SMILES string of the molecule is COc1ccc(OCN2C(=O)CC2OC=O)cc1. The van der Waals surface area contributed by atoms with Crippen LogP contribution in [0.15, 0.2) is 24.3 Å². The molecule has 0 N–H and O–H groups in total. The van der Waals surface area contributed by atoms with Gasteiger partial charge in [0.2, 0.25) is 5.91 Å². The minimum atomic E-state index is -0.506. The van der Waals surface area contributed by atoms with Gasteiger partial charge in [-0.1, -0.05) is 0 Å². The summed E-state index contributed by atoms with van der Waals surface area (Å²) in [5, 5.41) is 0. The maximum absolute atomic E-state index is 11.3. The first-order valence-corrected chi connectivity index (χ1v) is 5.40. The lowest BCUT2D eigenvalue weighted by molar-refractivity contribution is -0.182. The Balaban J connectivity index is 1.86. The molecule has 0 radical (unpaired) electrons. The fraction of sp³-hybridized carbons (Fsp3) is 0.333. The summed E-state index contributed by atoms with van der Waals surface area (Å²) in [7, 11) is 1.58. The van der Waals surface area contributed by atoms with E-state index in [-0.39, 0.29) is 19.1 Å². The normalized spacial score (nSPS) is 17.9. The summed E-state index contributed by atoms with van der Waals surface area (Å²) in [6.45, 7) is 0.390. The Hall–Kier alpha value is -2.24. The third kappa shape index (κ3) is 2.53. The second-order valence-corrected chi connectivity index (χ2v) is 3.70. The van der Waals surface area contributed by atoms with Crippen LogP contribution in [0.3, 0.4) is 0 Å². The topological polar surface area (TPSA) is 65.1 Å². The van der Waals surface area contributed by atoms with Crippen LogP contribution in [-0.2, 0) is 14.3 Å². The number of rotatable bonds is 6. The Morgan fingerprint density at radius 3 is 2.56 bits per heavy atom. The van der Waals surface area contributed by atoms with Crippen LogP contribution in [0.5, 0.6) is 11.5 Å². The van der Waals surface area contributed by atoms with Crippen molar-refractivity contribution in [2.45, 2.75) is 12.6 Å². The monoisotopic (exact) mass is 251 g/mol. The molecule has 1 atom stereocenters. The number of amides is 1. The van der Waals surface area contributed by atoms with E-state index >= 15 is 0 Å². The Labute approximate surface area is 104 Å². The minimum Gasteiger partial charge on any atom is -0.497 e. The van der Waals surface area contributed by atoms with Crippen molar-refractivity contribution >= 4 is 12.4 Å². The number of β-lactam (4-membered cyclic amide) rings is 1. The van der Waals surface area contributed by atoms with Gasteiger partial charge in [-0.15, -0.1) is 0 Å². The molecule has 2 rings (SSSR count). The number of carbonyl (C=O) groups excluding carboxylic acids is 2. The molecule has 6 nitrogen and oxygen atoms in total. The molecule has 0 aromatic heterocycles. The van der Waals surface area contributed by atoms with Crippen molar-refractivity contribution in [2.24, 2.45) is 0 Å². The summed E-state index contributed by atoms with van der Waals surface area (Å²) in [5.74, 6) is 1.24. The molecular formula is C12H13NO5. The molecule has 0 bridgehead atoms. The molecule has 1 fully saturated rings. The molecule has 0 saturated carbocycles. The van der Waals surface area contributed by atoms with E-state index in [1.54, 1.807) is 31.4 Å². The molecular weight excluding hydrogens is 238 g/mol. The lowest BCUT2D eigenvalue weighted by Crippen LogP contribution is -2.55. The summed E-state index contributed by atoms with van der Waals surface area (Å²) in [6.07, 6.45) is -0.293. The molecule has 0 spiro atoms. The molecule has 1 aliphatic rings. The Bertz CT molecular complexity index is 429. The van der Waals surface area contributed by atoms with Gasteiger partial charge in [-0.2, -0.15) is 0 Å². The number of hydrogen-bond acceptors (Lipinski definition) is 5. The summed E-state index contributed by atoms with van der Waals surface area (Å²) < 4.78 is 15.1. The number of methoxy groups -OCH3 is 1. The van der Waals surface area contributed by atoms with Crippen LogP contribution in [0.25, 0.3) is 0 Å². The molecule has 0 aliphatic carbocycles. The van der Waals surface area contributed by atoms with Crippen LogP contribution in [-0.4, -0.2) is 37.3 Å². The van der Waals surface area contributed by atoms with Gasteiger partial charge in [-0.25, -0.2) is 0 Å². The van der Waals surface area contributed by atoms with E-state index in [0.717, 1.165) is 5.75 Å². The van der Waals surface area contributed by atoms with Gasteiger partial charge in [0, 0.05) is 0 Å². The molecule has 96 valence electrons. The molecule has 1 aromatic carbocycles. The zero-order chi connectivity index (χ0) is 13.0. The van der Waals surface area contributed by atoms with E-state index in [9.17, 15) is 9.59 Å². The van der Waals surface area contributed by atoms with E-state index in [1.165, 1.54) is 4.90 Å². The predicted octanol–water partition coefficient (Wildman–Crippen LogP) is 0.763. The Morgan fingerprint density at radius 1 is 1.33 bits per heavy atom. The van der Waals surface area contributed by atoms with Gasteiger partial charge in [-0.3, -0.25) is 14.5 Å². The lowest BCUT2D eigenvalue weighted by Gasteiger charge is -2.37. The van der Waals surface area contributed by atoms with E-state index in [0.29, 0.717) is 12.2 Å². The first kappa shape index (κ1) is 12.2. The maximum atomic E-state index is 11.3.